The van der Waals surface area contributed by atoms with Crippen molar-refractivity contribution in [2.45, 2.75) is 64.5 Å². The molecule has 118 valence electrons. The van der Waals surface area contributed by atoms with Crippen LogP contribution in [0.4, 0.5) is 0 Å². The molecule has 0 saturated heterocycles. The van der Waals surface area contributed by atoms with Gasteiger partial charge in [-0.15, -0.1) is 0 Å². The molecule has 1 aromatic rings. The normalized spacial score (nSPS) is 22.0. The molecule has 0 bridgehead atoms. The van der Waals surface area contributed by atoms with Gasteiger partial charge in [0.1, 0.15) is 0 Å². The Morgan fingerprint density at radius 1 is 1.10 bits per heavy atom. The molecule has 21 heavy (non-hydrogen) atoms. The third-order valence-corrected chi connectivity index (χ3v) is 5.40. The van der Waals surface area contributed by atoms with Crippen LogP contribution in [0.2, 0.25) is 0 Å². The second-order valence-corrected chi connectivity index (χ2v) is 7.46. The van der Waals surface area contributed by atoms with E-state index in [-0.39, 0.29) is 5.60 Å². The van der Waals surface area contributed by atoms with E-state index < -0.39 is 0 Å². The number of aryl methyl sites for hydroxylation is 1. The van der Waals surface area contributed by atoms with E-state index in [9.17, 15) is 0 Å². The van der Waals surface area contributed by atoms with Crippen molar-refractivity contribution in [1.82, 2.24) is 5.32 Å². The zero-order valence-electron chi connectivity index (χ0n) is 14.3. The van der Waals surface area contributed by atoms with Crippen molar-refractivity contribution in [2.75, 3.05) is 14.2 Å². The first-order valence-electron chi connectivity index (χ1n) is 8.19. The Bertz CT molecular complexity index is 439. The van der Waals surface area contributed by atoms with Crippen molar-refractivity contribution in [3.63, 3.8) is 0 Å². The van der Waals surface area contributed by atoms with Crippen molar-refractivity contribution in [3.05, 3.63) is 35.4 Å². The molecule has 0 aromatic heterocycles. The predicted octanol–water partition coefficient (Wildman–Crippen LogP) is 4.11. The first-order valence-corrected chi connectivity index (χ1v) is 8.19. The summed E-state index contributed by atoms with van der Waals surface area (Å²) in [6, 6.07) is 9.27. The molecule has 0 radical (unpaired) electrons. The average Bonchev–Trinajstić information content (AvgIpc) is 2.48. The maximum Gasteiger partial charge on any atom is 0.0834 e. The standard InChI is InChI=1S/C19H31NO/c1-15-6-8-16(9-7-15)14-17(20-4)19(21-5)12-10-18(2,3)11-13-19/h6-9,17,20H,10-14H2,1-5H3. The number of hydrogen-bond acceptors (Lipinski definition) is 2. The Kier molecular flexibility index (Phi) is 5.11. The zero-order chi connectivity index (χ0) is 15.5. The Hall–Kier alpha value is -0.860. The maximum atomic E-state index is 6.06. The molecule has 0 spiro atoms. The van der Waals surface area contributed by atoms with Crippen LogP contribution in [-0.4, -0.2) is 25.8 Å². The summed E-state index contributed by atoms with van der Waals surface area (Å²) in [6.45, 7) is 6.89. The molecule has 1 aliphatic rings. The first kappa shape index (κ1) is 16.5. The van der Waals surface area contributed by atoms with Crippen LogP contribution in [0.15, 0.2) is 24.3 Å². The molecule has 0 amide bonds. The molecule has 0 aliphatic heterocycles. The summed E-state index contributed by atoms with van der Waals surface area (Å²) in [5.74, 6) is 0. The fourth-order valence-corrected chi connectivity index (χ4v) is 3.56. The van der Waals surface area contributed by atoms with E-state index in [0.717, 1.165) is 19.3 Å². The van der Waals surface area contributed by atoms with E-state index in [2.05, 4.69) is 57.4 Å². The molecule has 1 unspecified atom stereocenters. The minimum Gasteiger partial charge on any atom is -0.377 e. The van der Waals surface area contributed by atoms with Crippen molar-refractivity contribution < 1.29 is 4.74 Å². The smallest absolute Gasteiger partial charge is 0.0834 e. The molecule has 2 heteroatoms. The third-order valence-electron chi connectivity index (χ3n) is 5.40. The van der Waals surface area contributed by atoms with Crippen LogP contribution < -0.4 is 5.32 Å². The number of hydrogen-bond donors (Lipinski definition) is 1. The third kappa shape index (κ3) is 3.87. The number of rotatable bonds is 5. The second-order valence-electron chi connectivity index (χ2n) is 7.46. The maximum absolute atomic E-state index is 6.06. The van der Waals surface area contributed by atoms with E-state index in [1.54, 1.807) is 0 Å². The molecular weight excluding hydrogens is 258 g/mol. The summed E-state index contributed by atoms with van der Waals surface area (Å²) in [6.07, 6.45) is 5.81. The number of likely N-dealkylation sites (N-methyl/N-ethyl adjacent to an activating group) is 1. The van der Waals surface area contributed by atoms with Gasteiger partial charge in [-0.1, -0.05) is 43.7 Å². The fraction of sp³-hybridized carbons (Fsp3) is 0.684. The molecular formula is C19H31NO. The highest BCUT2D eigenvalue weighted by molar-refractivity contribution is 5.23. The van der Waals surface area contributed by atoms with E-state index in [0.29, 0.717) is 11.5 Å². The molecule has 1 N–H and O–H groups in total. The van der Waals surface area contributed by atoms with Crippen LogP contribution in [0.1, 0.15) is 50.7 Å². The molecule has 1 aromatic carbocycles. The molecule has 0 heterocycles. The van der Waals surface area contributed by atoms with Gasteiger partial charge in [0.05, 0.1) is 5.60 Å². The molecule has 1 saturated carbocycles. The van der Waals surface area contributed by atoms with E-state index in [4.69, 9.17) is 4.74 Å². The lowest BCUT2D eigenvalue weighted by molar-refractivity contribution is -0.0847. The Balaban J connectivity index is 2.12. The SMILES string of the molecule is CNC(Cc1ccc(C)cc1)C1(OC)CCC(C)(C)CC1. The van der Waals surface area contributed by atoms with Gasteiger partial charge in [0, 0.05) is 13.2 Å². The minimum absolute atomic E-state index is 0.0187. The highest BCUT2D eigenvalue weighted by Crippen LogP contribution is 2.43. The van der Waals surface area contributed by atoms with Crippen molar-refractivity contribution in [1.29, 1.82) is 0 Å². The Morgan fingerprint density at radius 3 is 2.14 bits per heavy atom. The summed E-state index contributed by atoms with van der Waals surface area (Å²) in [7, 11) is 3.96. The zero-order valence-corrected chi connectivity index (χ0v) is 14.3. The minimum atomic E-state index is -0.0187. The van der Waals surface area contributed by atoms with Gasteiger partial charge >= 0.3 is 0 Å². The van der Waals surface area contributed by atoms with Crippen molar-refractivity contribution in [3.8, 4) is 0 Å². The average molecular weight is 289 g/mol. The largest absolute Gasteiger partial charge is 0.377 e. The number of benzene rings is 1. The van der Waals surface area contributed by atoms with Gasteiger partial charge in [0.2, 0.25) is 0 Å². The van der Waals surface area contributed by atoms with Gasteiger partial charge in [-0.05, 0) is 57.1 Å². The van der Waals surface area contributed by atoms with Crippen LogP contribution in [0.3, 0.4) is 0 Å². The molecule has 2 nitrogen and oxygen atoms in total. The summed E-state index contributed by atoms with van der Waals surface area (Å²) < 4.78 is 6.06. The number of methoxy groups -OCH3 is 1. The van der Waals surface area contributed by atoms with Gasteiger partial charge in [-0.2, -0.15) is 0 Å². The lowest BCUT2D eigenvalue weighted by Gasteiger charge is -2.47. The van der Waals surface area contributed by atoms with Gasteiger partial charge in [-0.25, -0.2) is 0 Å². The predicted molar refractivity (Wildman–Crippen MR) is 89.7 cm³/mol. The van der Waals surface area contributed by atoms with Crippen molar-refractivity contribution in [2.24, 2.45) is 5.41 Å². The first-order chi connectivity index (χ1) is 9.91. The Morgan fingerprint density at radius 2 is 1.67 bits per heavy atom. The summed E-state index contributed by atoms with van der Waals surface area (Å²) in [5, 5.41) is 3.53. The lowest BCUT2D eigenvalue weighted by Crippen LogP contribution is -2.54. The van der Waals surface area contributed by atoms with Crippen molar-refractivity contribution >= 4 is 0 Å². The summed E-state index contributed by atoms with van der Waals surface area (Å²) in [4.78, 5) is 0. The van der Waals surface area contributed by atoms with Gasteiger partial charge in [0.25, 0.3) is 0 Å². The summed E-state index contributed by atoms with van der Waals surface area (Å²) in [5.41, 5.74) is 3.15. The topological polar surface area (TPSA) is 21.3 Å². The van der Waals surface area contributed by atoms with Gasteiger partial charge in [0.15, 0.2) is 0 Å². The number of ether oxygens (including phenoxy) is 1. The monoisotopic (exact) mass is 289 g/mol. The quantitative estimate of drug-likeness (QED) is 0.880. The fourth-order valence-electron chi connectivity index (χ4n) is 3.56. The molecule has 1 fully saturated rings. The van der Waals surface area contributed by atoms with Gasteiger partial charge < -0.3 is 10.1 Å². The lowest BCUT2D eigenvalue weighted by atomic mass is 9.67. The second kappa shape index (κ2) is 6.50. The van der Waals surface area contributed by atoms with Crippen LogP contribution in [0.5, 0.6) is 0 Å². The van der Waals surface area contributed by atoms with E-state index >= 15 is 0 Å². The molecule has 2 rings (SSSR count). The Labute approximate surface area is 130 Å². The van der Waals surface area contributed by atoms with Gasteiger partial charge in [-0.3, -0.25) is 0 Å². The number of nitrogens with one attached hydrogen (secondary N) is 1. The molecule has 1 atom stereocenters. The highest BCUT2D eigenvalue weighted by Gasteiger charge is 2.43. The van der Waals surface area contributed by atoms with Crippen LogP contribution in [0.25, 0.3) is 0 Å². The summed E-state index contributed by atoms with van der Waals surface area (Å²) >= 11 is 0. The highest BCUT2D eigenvalue weighted by atomic mass is 16.5. The molecule has 1 aliphatic carbocycles. The van der Waals surface area contributed by atoms with Crippen LogP contribution in [-0.2, 0) is 11.2 Å². The van der Waals surface area contributed by atoms with E-state index in [1.165, 1.54) is 24.0 Å². The van der Waals surface area contributed by atoms with Crippen LogP contribution >= 0.6 is 0 Å². The van der Waals surface area contributed by atoms with Crippen LogP contribution in [0, 0.1) is 12.3 Å². The van der Waals surface area contributed by atoms with E-state index in [1.807, 2.05) is 7.11 Å².